The molecular weight excluding hydrogens is 380 g/mol. The first-order valence-corrected chi connectivity index (χ1v) is 10.1. The normalized spacial score (nSPS) is 12.1. The van der Waals surface area contributed by atoms with E-state index in [1.165, 1.54) is 23.0 Å². The molecule has 0 fully saturated rings. The molecule has 28 heavy (non-hydrogen) atoms. The lowest BCUT2D eigenvalue weighted by atomic mass is 10.2. The van der Waals surface area contributed by atoms with Gasteiger partial charge in [-0.15, -0.1) is 10.2 Å². The molecule has 2 heterocycles. The minimum absolute atomic E-state index is 0.0175. The Balaban J connectivity index is 2.03. The highest BCUT2D eigenvalue weighted by Crippen LogP contribution is 2.25. The molecule has 0 radical (unpaired) electrons. The van der Waals surface area contributed by atoms with E-state index in [2.05, 4.69) is 10.2 Å². The van der Waals surface area contributed by atoms with Crippen molar-refractivity contribution in [2.75, 3.05) is 10.8 Å². The van der Waals surface area contributed by atoms with Gasteiger partial charge in [0.05, 0.1) is 5.69 Å². The van der Waals surface area contributed by atoms with Gasteiger partial charge < -0.3 is 4.74 Å². The molecule has 0 bridgehead atoms. The Labute approximate surface area is 163 Å². The lowest BCUT2D eigenvalue weighted by Crippen LogP contribution is -2.39. The molecule has 0 unspecified atom stereocenters. The second kappa shape index (κ2) is 7.23. The molecule has 1 aromatic carbocycles. The van der Waals surface area contributed by atoms with Crippen LogP contribution in [0.1, 0.15) is 26.3 Å². The number of nitrogens with zero attached hydrogens (tertiary/aromatic N) is 4. The summed E-state index contributed by atoms with van der Waals surface area (Å²) in [7, 11) is -4.03. The molecule has 0 saturated carbocycles. The van der Waals surface area contributed by atoms with E-state index in [4.69, 9.17) is 4.74 Å². The first-order chi connectivity index (χ1) is 13.1. The van der Waals surface area contributed by atoms with E-state index in [1.54, 1.807) is 51.1 Å². The molecule has 0 atom stereocenters. The van der Waals surface area contributed by atoms with Gasteiger partial charge in [0.1, 0.15) is 23.4 Å². The summed E-state index contributed by atoms with van der Waals surface area (Å²) in [5.41, 5.74) is 1.15. The van der Waals surface area contributed by atoms with Crippen molar-refractivity contribution in [3.8, 4) is 0 Å². The molecule has 3 rings (SSSR count). The predicted molar refractivity (Wildman–Crippen MR) is 105 cm³/mol. The number of benzene rings is 1. The highest BCUT2D eigenvalue weighted by Gasteiger charge is 2.29. The standard InChI is InChI=1S/C19H22N4O4S/c1-14-5-7-15(8-6-14)23(12-18(24)27-19(2,3)4)28(25,26)16-9-10-17-21-20-13-22(17)11-16/h5-11,13H,12H2,1-4H3. The van der Waals surface area contributed by atoms with Gasteiger partial charge in [-0.3, -0.25) is 13.5 Å². The summed E-state index contributed by atoms with van der Waals surface area (Å²) in [4.78, 5) is 12.4. The number of aromatic nitrogens is 3. The van der Waals surface area contributed by atoms with Gasteiger partial charge in [-0.1, -0.05) is 17.7 Å². The number of anilines is 1. The number of esters is 1. The molecule has 0 aliphatic heterocycles. The van der Waals surface area contributed by atoms with Gasteiger partial charge in [-0.2, -0.15) is 0 Å². The van der Waals surface area contributed by atoms with Gasteiger partial charge in [0.15, 0.2) is 5.65 Å². The van der Waals surface area contributed by atoms with E-state index in [1.807, 2.05) is 6.92 Å². The van der Waals surface area contributed by atoms with Crippen LogP contribution in [-0.2, 0) is 19.6 Å². The molecule has 8 nitrogen and oxygen atoms in total. The Hall–Kier alpha value is -2.94. The van der Waals surface area contributed by atoms with Crippen LogP contribution in [0.25, 0.3) is 5.65 Å². The maximum Gasteiger partial charge on any atom is 0.327 e. The topological polar surface area (TPSA) is 93.9 Å². The first-order valence-electron chi connectivity index (χ1n) is 8.67. The summed E-state index contributed by atoms with van der Waals surface area (Å²) in [6.07, 6.45) is 2.83. The van der Waals surface area contributed by atoms with Crippen LogP contribution in [0.15, 0.2) is 53.8 Å². The van der Waals surface area contributed by atoms with Crippen molar-refractivity contribution in [1.82, 2.24) is 14.6 Å². The average molecular weight is 402 g/mol. The molecule has 3 aromatic rings. The van der Waals surface area contributed by atoms with Crippen molar-refractivity contribution in [1.29, 1.82) is 0 Å². The van der Waals surface area contributed by atoms with Crippen LogP contribution >= 0.6 is 0 Å². The first kappa shape index (κ1) is 19.8. The van der Waals surface area contributed by atoms with Crippen LogP contribution in [0.4, 0.5) is 5.69 Å². The number of ether oxygens (including phenoxy) is 1. The van der Waals surface area contributed by atoms with Crippen LogP contribution in [0, 0.1) is 6.92 Å². The summed E-state index contributed by atoms with van der Waals surface area (Å²) in [6.45, 7) is 6.65. The number of sulfonamides is 1. The summed E-state index contributed by atoms with van der Waals surface area (Å²) in [6, 6.07) is 9.89. The Morgan fingerprint density at radius 1 is 1.14 bits per heavy atom. The fraction of sp³-hybridized carbons (Fsp3) is 0.316. The zero-order valence-electron chi connectivity index (χ0n) is 16.2. The van der Waals surface area contributed by atoms with Gasteiger partial charge >= 0.3 is 5.97 Å². The minimum atomic E-state index is -4.03. The van der Waals surface area contributed by atoms with E-state index < -0.39 is 28.1 Å². The van der Waals surface area contributed by atoms with E-state index in [0.29, 0.717) is 11.3 Å². The van der Waals surface area contributed by atoms with Crippen molar-refractivity contribution < 1.29 is 17.9 Å². The monoisotopic (exact) mass is 402 g/mol. The summed E-state index contributed by atoms with van der Waals surface area (Å²) in [5.74, 6) is -0.637. The van der Waals surface area contributed by atoms with Gasteiger partial charge in [-0.05, 0) is 52.0 Å². The summed E-state index contributed by atoms with van der Waals surface area (Å²) in [5, 5.41) is 7.63. The highest BCUT2D eigenvalue weighted by molar-refractivity contribution is 7.92. The van der Waals surface area contributed by atoms with Crippen molar-refractivity contribution in [3.63, 3.8) is 0 Å². The van der Waals surface area contributed by atoms with Gasteiger partial charge in [0, 0.05) is 6.20 Å². The quantitative estimate of drug-likeness (QED) is 0.609. The molecule has 0 amide bonds. The van der Waals surface area contributed by atoms with E-state index in [0.717, 1.165) is 9.87 Å². The van der Waals surface area contributed by atoms with Crippen molar-refractivity contribution in [3.05, 3.63) is 54.5 Å². The molecule has 148 valence electrons. The maximum absolute atomic E-state index is 13.3. The van der Waals surface area contributed by atoms with Crippen molar-refractivity contribution >= 4 is 27.3 Å². The van der Waals surface area contributed by atoms with Crippen LogP contribution < -0.4 is 4.31 Å². The minimum Gasteiger partial charge on any atom is -0.459 e. The molecule has 9 heteroatoms. The maximum atomic E-state index is 13.3. The number of hydrogen-bond donors (Lipinski definition) is 0. The lowest BCUT2D eigenvalue weighted by Gasteiger charge is -2.26. The van der Waals surface area contributed by atoms with Crippen molar-refractivity contribution in [2.24, 2.45) is 0 Å². The Bertz CT molecular complexity index is 1100. The number of fused-ring (bicyclic) bond motifs is 1. The zero-order chi connectivity index (χ0) is 20.5. The molecule has 0 aliphatic carbocycles. The second-order valence-electron chi connectivity index (χ2n) is 7.39. The second-order valence-corrected chi connectivity index (χ2v) is 9.26. The number of carbonyl (C=O) groups excluding carboxylic acids is 1. The third-order valence-corrected chi connectivity index (χ3v) is 5.62. The predicted octanol–water partition coefficient (Wildman–Crippen LogP) is 2.57. The Kier molecular flexibility index (Phi) is 5.12. The van der Waals surface area contributed by atoms with Gasteiger partial charge in [-0.25, -0.2) is 8.42 Å². The zero-order valence-corrected chi connectivity index (χ0v) is 17.0. The van der Waals surface area contributed by atoms with Gasteiger partial charge in [0.2, 0.25) is 0 Å². The van der Waals surface area contributed by atoms with Crippen molar-refractivity contribution in [2.45, 2.75) is 38.2 Å². The van der Waals surface area contributed by atoms with E-state index in [-0.39, 0.29) is 4.90 Å². The largest absolute Gasteiger partial charge is 0.459 e. The number of hydrogen-bond acceptors (Lipinski definition) is 6. The number of rotatable bonds is 5. The fourth-order valence-corrected chi connectivity index (χ4v) is 4.02. The molecule has 2 aromatic heterocycles. The van der Waals surface area contributed by atoms with Crippen LogP contribution in [0.3, 0.4) is 0 Å². The van der Waals surface area contributed by atoms with Crippen LogP contribution in [0.5, 0.6) is 0 Å². The summed E-state index contributed by atoms with van der Waals surface area (Å²) >= 11 is 0. The highest BCUT2D eigenvalue weighted by atomic mass is 32.2. The molecule has 0 aliphatic rings. The average Bonchev–Trinajstić information content (AvgIpc) is 3.06. The third-order valence-electron chi connectivity index (χ3n) is 3.87. The molecule has 0 spiro atoms. The third kappa shape index (κ3) is 4.30. The number of aryl methyl sites for hydroxylation is 1. The van der Waals surface area contributed by atoms with Gasteiger partial charge in [0.25, 0.3) is 10.0 Å². The van der Waals surface area contributed by atoms with E-state index in [9.17, 15) is 13.2 Å². The van der Waals surface area contributed by atoms with E-state index >= 15 is 0 Å². The SMILES string of the molecule is Cc1ccc(N(CC(=O)OC(C)(C)C)S(=O)(=O)c2ccc3nncn3c2)cc1. The molecule has 0 N–H and O–H groups in total. The Morgan fingerprint density at radius 3 is 2.46 bits per heavy atom. The molecular formula is C19H22N4O4S. The number of pyridine rings is 1. The smallest absolute Gasteiger partial charge is 0.327 e. The number of carbonyl (C=O) groups is 1. The molecule has 0 saturated heterocycles. The lowest BCUT2D eigenvalue weighted by molar-refractivity contribution is -0.152. The van der Waals surface area contributed by atoms with Crippen LogP contribution in [-0.4, -0.2) is 41.1 Å². The Morgan fingerprint density at radius 2 is 1.82 bits per heavy atom. The van der Waals surface area contributed by atoms with Crippen LogP contribution in [0.2, 0.25) is 0 Å². The summed E-state index contributed by atoms with van der Waals surface area (Å²) < 4.78 is 34.6. The fourth-order valence-electron chi connectivity index (χ4n) is 2.60.